The molecule has 3 heteroatoms. The number of carbonyl (C=O) groups is 1. The lowest BCUT2D eigenvalue weighted by molar-refractivity contribution is -0.140. The molecule has 134 valence electrons. The van der Waals surface area contributed by atoms with E-state index in [4.69, 9.17) is 10.00 Å². The molecule has 0 N–H and O–H groups in total. The highest BCUT2D eigenvalue weighted by Gasteiger charge is 2.26. The number of ether oxygens (including phenoxy) is 1. The summed E-state index contributed by atoms with van der Waals surface area (Å²) in [5.74, 6) is 0.948. The van der Waals surface area contributed by atoms with Crippen LogP contribution in [0, 0.1) is 23.2 Å². The first-order chi connectivity index (χ1) is 12.2. The van der Waals surface area contributed by atoms with Gasteiger partial charge in [0.25, 0.3) is 0 Å². The number of hydrogen-bond donors (Lipinski definition) is 0. The van der Waals surface area contributed by atoms with Crippen molar-refractivity contribution in [3.05, 3.63) is 42.0 Å². The lowest BCUT2D eigenvalue weighted by Crippen LogP contribution is -2.25. The first kappa shape index (κ1) is 19.2. The van der Waals surface area contributed by atoms with E-state index >= 15 is 0 Å². The molecule has 1 aliphatic rings. The van der Waals surface area contributed by atoms with Crippen molar-refractivity contribution in [3.8, 4) is 11.8 Å². The highest BCUT2D eigenvalue weighted by atomic mass is 16.5. The normalized spacial score (nSPS) is 20.3. The topological polar surface area (TPSA) is 50.1 Å². The van der Waals surface area contributed by atoms with E-state index in [1.54, 1.807) is 6.08 Å². The minimum absolute atomic E-state index is 0.0135. The lowest BCUT2D eigenvalue weighted by atomic mass is 9.82. The fourth-order valence-electron chi connectivity index (χ4n) is 3.41. The van der Waals surface area contributed by atoms with Gasteiger partial charge in [-0.25, -0.2) is 0 Å². The molecule has 0 aliphatic heterocycles. The van der Waals surface area contributed by atoms with Crippen molar-refractivity contribution >= 4 is 5.97 Å². The van der Waals surface area contributed by atoms with E-state index in [1.165, 1.54) is 31.2 Å². The predicted octanol–water partition coefficient (Wildman–Crippen LogP) is 5.60. The number of hydrogen-bond acceptors (Lipinski definition) is 3. The molecule has 1 fully saturated rings. The number of benzene rings is 1. The Morgan fingerprint density at radius 2 is 1.88 bits per heavy atom. The van der Waals surface area contributed by atoms with Gasteiger partial charge in [-0.3, -0.25) is 4.79 Å². The van der Waals surface area contributed by atoms with Gasteiger partial charge in [-0.1, -0.05) is 44.4 Å². The van der Waals surface area contributed by atoms with Crippen LogP contribution < -0.4 is 4.74 Å². The second kappa shape index (κ2) is 10.7. The molecule has 2 rings (SSSR count). The van der Waals surface area contributed by atoms with Gasteiger partial charge in [0.1, 0.15) is 5.75 Å². The molecule has 0 radical (unpaired) electrons. The number of aryl methyl sites for hydroxylation is 1. The van der Waals surface area contributed by atoms with Gasteiger partial charge < -0.3 is 4.74 Å². The summed E-state index contributed by atoms with van der Waals surface area (Å²) in [6, 6.07) is 9.99. The molecule has 0 heterocycles. The Morgan fingerprint density at radius 1 is 1.16 bits per heavy atom. The Labute approximate surface area is 151 Å². The summed E-state index contributed by atoms with van der Waals surface area (Å²) in [6.07, 6.45) is 13.2. The second-order valence-corrected chi connectivity index (χ2v) is 6.98. The average Bonchev–Trinajstić information content (AvgIpc) is 2.65. The molecular formula is C22H29NO2. The van der Waals surface area contributed by atoms with Gasteiger partial charge in [0.15, 0.2) is 0 Å². The first-order valence-electron chi connectivity index (χ1n) is 9.60. The molecule has 1 aromatic rings. The van der Waals surface area contributed by atoms with Crippen LogP contribution in [-0.2, 0) is 11.2 Å². The minimum atomic E-state index is -0.113. The number of carbonyl (C=O) groups excluding carboxylic acids is 1. The van der Waals surface area contributed by atoms with Crippen LogP contribution in [-0.4, -0.2) is 5.97 Å². The Bertz CT molecular complexity index is 589. The van der Waals surface area contributed by atoms with Crippen LogP contribution in [0.2, 0.25) is 0 Å². The fraction of sp³-hybridized carbons (Fsp3) is 0.545. The Hall–Kier alpha value is -2.08. The Balaban J connectivity index is 1.75. The highest BCUT2D eigenvalue weighted by Crippen LogP contribution is 2.30. The number of unbranched alkanes of at least 4 members (excludes halogenated alkanes) is 3. The number of nitrogens with zero attached hydrogens (tertiary/aromatic N) is 1. The SMILES string of the molecule is CCCCCCc1ccc(OC(=O)C2CCC(/C=C/C#N)CC2)cc1. The van der Waals surface area contributed by atoms with Crippen LogP contribution >= 0.6 is 0 Å². The monoisotopic (exact) mass is 339 g/mol. The predicted molar refractivity (Wildman–Crippen MR) is 100 cm³/mol. The second-order valence-electron chi connectivity index (χ2n) is 6.98. The molecular weight excluding hydrogens is 310 g/mol. The van der Waals surface area contributed by atoms with E-state index in [-0.39, 0.29) is 11.9 Å². The van der Waals surface area contributed by atoms with Crippen molar-refractivity contribution in [2.75, 3.05) is 0 Å². The molecule has 0 saturated heterocycles. The maximum atomic E-state index is 12.3. The number of rotatable bonds is 8. The molecule has 0 spiro atoms. The average molecular weight is 339 g/mol. The molecule has 25 heavy (non-hydrogen) atoms. The zero-order chi connectivity index (χ0) is 17.9. The smallest absolute Gasteiger partial charge is 0.314 e. The quantitative estimate of drug-likeness (QED) is 0.268. The summed E-state index contributed by atoms with van der Waals surface area (Å²) in [4.78, 5) is 12.3. The molecule has 1 saturated carbocycles. The van der Waals surface area contributed by atoms with Crippen molar-refractivity contribution in [1.29, 1.82) is 5.26 Å². The van der Waals surface area contributed by atoms with Crippen LogP contribution in [0.3, 0.4) is 0 Å². The highest BCUT2D eigenvalue weighted by molar-refractivity contribution is 5.75. The van der Waals surface area contributed by atoms with Gasteiger partial charge in [-0.05, 0) is 62.1 Å². The zero-order valence-electron chi connectivity index (χ0n) is 15.2. The molecule has 0 atom stereocenters. The van der Waals surface area contributed by atoms with E-state index in [2.05, 4.69) is 19.1 Å². The summed E-state index contributed by atoms with van der Waals surface area (Å²) in [6.45, 7) is 2.22. The summed E-state index contributed by atoms with van der Waals surface area (Å²) < 4.78 is 5.56. The van der Waals surface area contributed by atoms with Crippen molar-refractivity contribution in [2.45, 2.75) is 64.7 Å². The third kappa shape index (κ3) is 6.74. The van der Waals surface area contributed by atoms with Gasteiger partial charge in [-0.2, -0.15) is 5.26 Å². The fourth-order valence-corrected chi connectivity index (χ4v) is 3.41. The number of esters is 1. The minimum Gasteiger partial charge on any atom is -0.426 e. The van der Waals surface area contributed by atoms with Crippen LogP contribution in [0.25, 0.3) is 0 Å². The van der Waals surface area contributed by atoms with E-state index < -0.39 is 0 Å². The largest absolute Gasteiger partial charge is 0.426 e. The maximum absolute atomic E-state index is 12.3. The van der Waals surface area contributed by atoms with E-state index in [0.717, 1.165) is 32.1 Å². The Kier molecular flexibility index (Phi) is 8.25. The van der Waals surface area contributed by atoms with Crippen LogP contribution in [0.4, 0.5) is 0 Å². The molecule has 0 bridgehead atoms. The first-order valence-corrected chi connectivity index (χ1v) is 9.60. The summed E-state index contributed by atoms with van der Waals surface area (Å²) in [5.41, 5.74) is 1.31. The maximum Gasteiger partial charge on any atom is 0.314 e. The van der Waals surface area contributed by atoms with Gasteiger partial charge in [0.2, 0.25) is 0 Å². The van der Waals surface area contributed by atoms with Gasteiger partial charge in [-0.15, -0.1) is 0 Å². The number of nitriles is 1. The molecule has 1 aromatic carbocycles. The third-order valence-electron chi connectivity index (χ3n) is 5.01. The van der Waals surface area contributed by atoms with Crippen molar-refractivity contribution in [2.24, 2.45) is 11.8 Å². The van der Waals surface area contributed by atoms with Gasteiger partial charge in [0.05, 0.1) is 12.0 Å². The van der Waals surface area contributed by atoms with E-state index in [9.17, 15) is 4.79 Å². The van der Waals surface area contributed by atoms with Crippen LogP contribution in [0.1, 0.15) is 63.9 Å². The van der Waals surface area contributed by atoms with Crippen molar-refractivity contribution < 1.29 is 9.53 Å². The number of allylic oxidation sites excluding steroid dienone is 2. The van der Waals surface area contributed by atoms with Gasteiger partial charge >= 0.3 is 5.97 Å². The Morgan fingerprint density at radius 3 is 2.52 bits per heavy atom. The van der Waals surface area contributed by atoms with Crippen molar-refractivity contribution in [3.63, 3.8) is 0 Å². The van der Waals surface area contributed by atoms with Crippen molar-refractivity contribution in [1.82, 2.24) is 0 Å². The summed E-state index contributed by atoms with van der Waals surface area (Å²) in [5, 5.41) is 8.58. The summed E-state index contributed by atoms with van der Waals surface area (Å²) >= 11 is 0. The molecule has 0 amide bonds. The van der Waals surface area contributed by atoms with E-state index in [1.807, 2.05) is 24.3 Å². The molecule has 3 nitrogen and oxygen atoms in total. The molecule has 1 aliphatic carbocycles. The third-order valence-corrected chi connectivity index (χ3v) is 5.01. The summed E-state index contributed by atoms with van der Waals surface area (Å²) in [7, 11) is 0. The zero-order valence-corrected chi connectivity index (χ0v) is 15.2. The van der Waals surface area contributed by atoms with Gasteiger partial charge in [0, 0.05) is 6.08 Å². The van der Waals surface area contributed by atoms with Crippen LogP contribution in [0.15, 0.2) is 36.4 Å². The lowest BCUT2D eigenvalue weighted by Gasteiger charge is -2.25. The van der Waals surface area contributed by atoms with E-state index in [0.29, 0.717) is 11.7 Å². The molecule has 0 unspecified atom stereocenters. The van der Waals surface area contributed by atoms with Crippen LogP contribution in [0.5, 0.6) is 5.75 Å². The standard InChI is InChI=1S/C22H29NO2/c1-2-3-4-5-7-18-11-15-21(16-12-18)25-22(24)20-13-9-19(10-14-20)8-6-17-23/h6,8,11-12,15-16,19-20H,2-5,7,9-10,13-14H2,1H3/b8-6+. The molecule has 0 aromatic heterocycles.